The van der Waals surface area contributed by atoms with E-state index in [1.165, 1.54) is 58.4 Å². The molecule has 0 aromatic carbocycles. The molecule has 2 rings (SSSR count). The third-order valence-electron chi connectivity index (χ3n) is 5.89. The van der Waals surface area contributed by atoms with Gasteiger partial charge in [0.15, 0.2) is 0 Å². The summed E-state index contributed by atoms with van der Waals surface area (Å²) in [5.74, 6) is 0.901. The van der Waals surface area contributed by atoms with Crippen LogP contribution < -0.4 is 5.32 Å². The molecule has 2 atom stereocenters. The van der Waals surface area contributed by atoms with Gasteiger partial charge in [0.05, 0.1) is 0 Å². The molecule has 0 amide bonds. The van der Waals surface area contributed by atoms with Crippen LogP contribution in [0.4, 0.5) is 0 Å². The smallest absolute Gasteiger partial charge is 0.0277 e. The number of nitrogens with one attached hydrogen (secondary N) is 1. The van der Waals surface area contributed by atoms with Crippen LogP contribution in [0.5, 0.6) is 0 Å². The van der Waals surface area contributed by atoms with E-state index in [0.717, 1.165) is 12.5 Å². The Balaban J connectivity index is 2.01. The van der Waals surface area contributed by atoms with E-state index in [0.29, 0.717) is 11.0 Å². The molecule has 3 nitrogen and oxygen atoms in total. The van der Waals surface area contributed by atoms with E-state index in [1.807, 2.05) is 0 Å². The molecular formula is C18H37N3. The molecule has 0 spiro atoms. The SMILES string of the molecule is CCNCC1(CN2CCN(C)C(C)(C)C2)CCCC(C)C1. The minimum atomic E-state index is 0.317. The molecule has 0 aromatic heterocycles. The van der Waals surface area contributed by atoms with Crippen LogP contribution in [0.3, 0.4) is 0 Å². The average molecular weight is 296 g/mol. The van der Waals surface area contributed by atoms with Gasteiger partial charge in [-0.25, -0.2) is 0 Å². The van der Waals surface area contributed by atoms with Gasteiger partial charge in [-0.1, -0.05) is 26.7 Å². The molecule has 0 aromatic rings. The van der Waals surface area contributed by atoms with Crippen molar-refractivity contribution in [3.63, 3.8) is 0 Å². The first-order valence-corrected chi connectivity index (χ1v) is 9.01. The van der Waals surface area contributed by atoms with Crippen LogP contribution in [-0.2, 0) is 0 Å². The molecule has 0 bridgehead atoms. The Kier molecular flexibility index (Phi) is 5.72. The van der Waals surface area contributed by atoms with E-state index in [1.54, 1.807) is 0 Å². The Morgan fingerprint density at radius 2 is 2.00 bits per heavy atom. The lowest BCUT2D eigenvalue weighted by molar-refractivity contribution is 0.00120. The van der Waals surface area contributed by atoms with Crippen LogP contribution in [0.15, 0.2) is 0 Å². The van der Waals surface area contributed by atoms with Gasteiger partial charge in [-0.05, 0) is 51.6 Å². The molecule has 1 saturated heterocycles. The fourth-order valence-corrected chi connectivity index (χ4v) is 4.47. The van der Waals surface area contributed by atoms with Crippen LogP contribution in [0.1, 0.15) is 53.4 Å². The minimum absolute atomic E-state index is 0.317. The predicted molar refractivity (Wildman–Crippen MR) is 91.8 cm³/mol. The highest BCUT2D eigenvalue weighted by molar-refractivity contribution is 4.94. The molecular weight excluding hydrogens is 258 g/mol. The number of likely N-dealkylation sites (N-methyl/N-ethyl adjacent to an activating group) is 1. The van der Waals surface area contributed by atoms with Gasteiger partial charge >= 0.3 is 0 Å². The summed E-state index contributed by atoms with van der Waals surface area (Å²) < 4.78 is 0. The van der Waals surface area contributed by atoms with Gasteiger partial charge in [0.2, 0.25) is 0 Å². The topological polar surface area (TPSA) is 18.5 Å². The lowest BCUT2D eigenvalue weighted by Gasteiger charge is -2.50. The molecule has 2 unspecified atom stereocenters. The van der Waals surface area contributed by atoms with E-state index < -0.39 is 0 Å². The van der Waals surface area contributed by atoms with Crippen LogP contribution in [0.2, 0.25) is 0 Å². The summed E-state index contributed by atoms with van der Waals surface area (Å²) in [6, 6.07) is 0. The van der Waals surface area contributed by atoms with Crippen molar-refractivity contribution in [1.82, 2.24) is 15.1 Å². The number of hydrogen-bond donors (Lipinski definition) is 1. The van der Waals surface area contributed by atoms with E-state index in [-0.39, 0.29) is 0 Å². The van der Waals surface area contributed by atoms with Crippen molar-refractivity contribution < 1.29 is 0 Å². The van der Waals surface area contributed by atoms with Crippen molar-refractivity contribution in [2.24, 2.45) is 11.3 Å². The van der Waals surface area contributed by atoms with Crippen molar-refractivity contribution >= 4 is 0 Å². The third-order valence-corrected chi connectivity index (χ3v) is 5.89. The molecule has 2 fully saturated rings. The summed E-state index contributed by atoms with van der Waals surface area (Å²) in [6.45, 7) is 16.7. The van der Waals surface area contributed by atoms with E-state index >= 15 is 0 Å². The van der Waals surface area contributed by atoms with E-state index in [2.05, 4.69) is 49.9 Å². The number of piperazine rings is 1. The Bertz CT molecular complexity index is 328. The predicted octanol–water partition coefficient (Wildman–Crippen LogP) is 2.82. The summed E-state index contributed by atoms with van der Waals surface area (Å²) in [4.78, 5) is 5.26. The third kappa shape index (κ3) is 4.43. The highest BCUT2D eigenvalue weighted by atomic mass is 15.3. The largest absolute Gasteiger partial charge is 0.316 e. The van der Waals surface area contributed by atoms with E-state index in [4.69, 9.17) is 0 Å². The Morgan fingerprint density at radius 3 is 2.62 bits per heavy atom. The van der Waals surface area contributed by atoms with Gasteiger partial charge in [-0.2, -0.15) is 0 Å². The van der Waals surface area contributed by atoms with Crippen molar-refractivity contribution in [1.29, 1.82) is 0 Å². The number of nitrogens with zero attached hydrogens (tertiary/aromatic N) is 2. The van der Waals surface area contributed by atoms with Gasteiger partial charge in [-0.3, -0.25) is 9.80 Å². The first-order valence-electron chi connectivity index (χ1n) is 9.01. The monoisotopic (exact) mass is 295 g/mol. The summed E-state index contributed by atoms with van der Waals surface area (Å²) in [5.41, 5.74) is 0.831. The Labute approximate surface area is 132 Å². The standard InChI is InChI=1S/C18H37N3/c1-6-19-13-18(9-7-8-16(2)12-18)15-21-11-10-20(5)17(3,4)14-21/h16,19H,6-15H2,1-5H3. The second-order valence-electron chi connectivity index (χ2n) is 8.43. The van der Waals surface area contributed by atoms with Gasteiger partial charge in [0.1, 0.15) is 0 Å². The zero-order chi connectivity index (χ0) is 15.5. The van der Waals surface area contributed by atoms with E-state index in [9.17, 15) is 0 Å². The molecule has 0 radical (unpaired) electrons. The fourth-order valence-electron chi connectivity index (χ4n) is 4.47. The van der Waals surface area contributed by atoms with Gasteiger partial charge in [0, 0.05) is 38.3 Å². The lowest BCUT2D eigenvalue weighted by atomic mass is 9.69. The molecule has 21 heavy (non-hydrogen) atoms. The summed E-state index contributed by atoms with van der Waals surface area (Å²) in [7, 11) is 2.27. The summed E-state index contributed by atoms with van der Waals surface area (Å²) in [6.07, 6.45) is 5.68. The zero-order valence-electron chi connectivity index (χ0n) is 15.0. The molecule has 1 aliphatic heterocycles. The molecule has 1 N–H and O–H groups in total. The second-order valence-corrected chi connectivity index (χ2v) is 8.43. The molecule has 2 aliphatic rings. The molecule has 3 heteroatoms. The maximum absolute atomic E-state index is 3.66. The Morgan fingerprint density at radius 1 is 1.24 bits per heavy atom. The normalized spacial score (nSPS) is 35.0. The summed E-state index contributed by atoms with van der Waals surface area (Å²) >= 11 is 0. The zero-order valence-corrected chi connectivity index (χ0v) is 15.0. The van der Waals surface area contributed by atoms with Crippen molar-refractivity contribution in [3.8, 4) is 0 Å². The fraction of sp³-hybridized carbons (Fsp3) is 1.00. The molecule has 124 valence electrons. The highest BCUT2D eigenvalue weighted by Gasteiger charge is 2.39. The van der Waals surface area contributed by atoms with Crippen molar-refractivity contribution in [2.75, 3.05) is 46.3 Å². The lowest BCUT2D eigenvalue weighted by Crippen LogP contribution is -2.60. The maximum atomic E-state index is 3.66. The molecule has 1 aliphatic carbocycles. The molecule has 1 saturated carbocycles. The van der Waals surface area contributed by atoms with Crippen molar-refractivity contribution in [3.05, 3.63) is 0 Å². The van der Waals surface area contributed by atoms with Gasteiger partial charge in [0.25, 0.3) is 0 Å². The van der Waals surface area contributed by atoms with Crippen LogP contribution in [0.25, 0.3) is 0 Å². The molecule has 1 heterocycles. The number of hydrogen-bond acceptors (Lipinski definition) is 3. The maximum Gasteiger partial charge on any atom is 0.0277 e. The first-order chi connectivity index (χ1) is 9.87. The number of rotatable bonds is 5. The van der Waals surface area contributed by atoms with Crippen LogP contribution in [0, 0.1) is 11.3 Å². The van der Waals surface area contributed by atoms with Gasteiger partial charge in [-0.15, -0.1) is 0 Å². The van der Waals surface area contributed by atoms with Crippen molar-refractivity contribution in [2.45, 2.75) is 58.9 Å². The first kappa shape index (κ1) is 17.2. The van der Waals surface area contributed by atoms with Gasteiger partial charge < -0.3 is 5.32 Å². The Hall–Kier alpha value is -0.120. The summed E-state index contributed by atoms with van der Waals surface area (Å²) in [5, 5.41) is 3.66. The highest BCUT2D eigenvalue weighted by Crippen LogP contribution is 2.40. The van der Waals surface area contributed by atoms with Crippen LogP contribution in [-0.4, -0.2) is 61.7 Å². The quantitative estimate of drug-likeness (QED) is 0.841. The average Bonchev–Trinajstić information content (AvgIpc) is 2.40. The van der Waals surface area contributed by atoms with Crippen LogP contribution >= 0.6 is 0 Å². The second kappa shape index (κ2) is 6.97. The minimum Gasteiger partial charge on any atom is -0.316 e.